The topological polar surface area (TPSA) is 20.2 Å². The van der Waals surface area contributed by atoms with E-state index in [9.17, 15) is 5.11 Å². The molecule has 0 spiro atoms. The fourth-order valence-corrected chi connectivity index (χ4v) is 2.10. The van der Waals surface area contributed by atoms with E-state index in [1.165, 1.54) is 11.1 Å². The standard InChI is InChI=1S/C14H22O/c1-8(2)12-7-10(5)11(6)13(9(3)4)14(12)15/h7-9,15H,1-6H3. The summed E-state index contributed by atoms with van der Waals surface area (Å²) in [7, 11) is 0. The summed E-state index contributed by atoms with van der Waals surface area (Å²) in [5.74, 6) is 1.26. The van der Waals surface area contributed by atoms with Crippen LogP contribution in [0.1, 0.15) is 61.8 Å². The van der Waals surface area contributed by atoms with Crippen molar-refractivity contribution < 1.29 is 5.11 Å². The quantitative estimate of drug-likeness (QED) is 0.766. The molecule has 15 heavy (non-hydrogen) atoms. The van der Waals surface area contributed by atoms with Crippen molar-refractivity contribution in [1.29, 1.82) is 0 Å². The lowest BCUT2D eigenvalue weighted by molar-refractivity contribution is 0.453. The highest BCUT2D eigenvalue weighted by molar-refractivity contribution is 5.51. The Bertz CT molecular complexity index is 362. The summed E-state index contributed by atoms with van der Waals surface area (Å²) in [6, 6.07) is 2.11. The van der Waals surface area contributed by atoms with Gasteiger partial charge in [-0.1, -0.05) is 33.8 Å². The Morgan fingerprint density at radius 3 is 1.93 bits per heavy atom. The van der Waals surface area contributed by atoms with Crippen LogP contribution in [0, 0.1) is 13.8 Å². The van der Waals surface area contributed by atoms with Gasteiger partial charge in [-0.25, -0.2) is 0 Å². The number of hydrogen-bond acceptors (Lipinski definition) is 1. The van der Waals surface area contributed by atoms with Crippen molar-refractivity contribution in [2.24, 2.45) is 0 Å². The second-order valence-electron chi connectivity index (χ2n) is 4.98. The third-order valence-electron chi connectivity index (χ3n) is 3.10. The van der Waals surface area contributed by atoms with Gasteiger partial charge in [0, 0.05) is 0 Å². The number of phenolic OH excluding ortho intramolecular Hbond substituents is 1. The molecule has 1 aromatic rings. The molecule has 0 aromatic heterocycles. The molecule has 1 heteroatoms. The first kappa shape index (κ1) is 12.1. The van der Waals surface area contributed by atoms with Gasteiger partial charge in [-0.2, -0.15) is 0 Å². The van der Waals surface area contributed by atoms with E-state index in [0.29, 0.717) is 17.6 Å². The number of benzene rings is 1. The van der Waals surface area contributed by atoms with E-state index < -0.39 is 0 Å². The van der Waals surface area contributed by atoms with Crippen LogP contribution in [0.15, 0.2) is 6.07 Å². The fraction of sp³-hybridized carbons (Fsp3) is 0.571. The Morgan fingerprint density at radius 2 is 1.53 bits per heavy atom. The van der Waals surface area contributed by atoms with Crippen molar-refractivity contribution in [3.63, 3.8) is 0 Å². The van der Waals surface area contributed by atoms with E-state index in [1.807, 2.05) is 0 Å². The Morgan fingerprint density at radius 1 is 1.00 bits per heavy atom. The van der Waals surface area contributed by atoms with Crippen LogP contribution >= 0.6 is 0 Å². The van der Waals surface area contributed by atoms with Gasteiger partial charge in [0.1, 0.15) is 5.75 Å². The van der Waals surface area contributed by atoms with E-state index in [0.717, 1.165) is 11.1 Å². The maximum atomic E-state index is 10.2. The van der Waals surface area contributed by atoms with Crippen molar-refractivity contribution in [2.45, 2.75) is 53.4 Å². The lowest BCUT2D eigenvalue weighted by Gasteiger charge is -2.19. The van der Waals surface area contributed by atoms with Crippen molar-refractivity contribution in [1.82, 2.24) is 0 Å². The zero-order valence-corrected chi connectivity index (χ0v) is 10.7. The second-order valence-corrected chi connectivity index (χ2v) is 4.98. The molecule has 0 aliphatic heterocycles. The van der Waals surface area contributed by atoms with Gasteiger partial charge in [-0.3, -0.25) is 0 Å². The summed E-state index contributed by atoms with van der Waals surface area (Å²) in [6.07, 6.45) is 0. The molecular formula is C14H22O. The van der Waals surface area contributed by atoms with E-state index in [4.69, 9.17) is 0 Å². The van der Waals surface area contributed by atoms with Gasteiger partial charge < -0.3 is 5.11 Å². The molecule has 0 saturated carbocycles. The van der Waals surface area contributed by atoms with Gasteiger partial charge >= 0.3 is 0 Å². The zero-order valence-electron chi connectivity index (χ0n) is 10.7. The summed E-state index contributed by atoms with van der Waals surface area (Å²) in [6.45, 7) is 12.7. The van der Waals surface area contributed by atoms with Gasteiger partial charge in [-0.05, 0) is 47.9 Å². The number of aromatic hydroxyl groups is 1. The summed E-state index contributed by atoms with van der Waals surface area (Å²) in [4.78, 5) is 0. The molecule has 1 N–H and O–H groups in total. The second kappa shape index (κ2) is 4.26. The van der Waals surface area contributed by atoms with E-state index in [2.05, 4.69) is 47.6 Å². The molecule has 1 rings (SSSR count). The van der Waals surface area contributed by atoms with Crippen LogP contribution in [-0.2, 0) is 0 Å². The van der Waals surface area contributed by atoms with Gasteiger partial charge in [0.25, 0.3) is 0 Å². The van der Waals surface area contributed by atoms with Crippen molar-refractivity contribution in [2.75, 3.05) is 0 Å². The van der Waals surface area contributed by atoms with Gasteiger partial charge in [-0.15, -0.1) is 0 Å². The first-order valence-corrected chi connectivity index (χ1v) is 5.69. The van der Waals surface area contributed by atoms with E-state index >= 15 is 0 Å². The number of rotatable bonds is 2. The molecular weight excluding hydrogens is 184 g/mol. The van der Waals surface area contributed by atoms with Crippen LogP contribution in [-0.4, -0.2) is 5.11 Å². The molecule has 1 nitrogen and oxygen atoms in total. The lowest BCUT2D eigenvalue weighted by atomic mass is 9.88. The molecule has 0 unspecified atom stereocenters. The van der Waals surface area contributed by atoms with Crippen molar-refractivity contribution in [3.05, 3.63) is 28.3 Å². The highest BCUT2D eigenvalue weighted by Crippen LogP contribution is 2.37. The minimum absolute atomic E-state index is 0.377. The van der Waals surface area contributed by atoms with E-state index in [1.54, 1.807) is 0 Å². The monoisotopic (exact) mass is 206 g/mol. The van der Waals surface area contributed by atoms with Crippen LogP contribution in [0.5, 0.6) is 5.75 Å². The Labute approximate surface area is 93.1 Å². The van der Waals surface area contributed by atoms with Crippen LogP contribution in [0.3, 0.4) is 0 Å². The SMILES string of the molecule is Cc1cc(C(C)C)c(O)c(C(C)C)c1C. The summed E-state index contributed by atoms with van der Waals surface area (Å²) < 4.78 is 0. The third-order valence-corrected chi connectivity index (χ3v) is 3.10. The van der Waals surface area contributed by atoms with Crippen molar-refractivity contribution in [3.8, 4) is 5.75 Å². The lowest BCUT2D eigenvalue weighted by Crippen LogP contribution is -2.00. The highest BCUT2D eigenvalue weighted by Gasteiger charge is 2.17. The molecule has 0 aliphatic carbocycles. The Balaban J connectivity index is 3.49. The third kappa shape index (κ3) is 2.17. The maximum Gasteiger partial charge on any atom is 0.122 e. The average molecular weight is 206 g/mol. The number of hydrogen-bond donors (Lipinski definition) is 1. The molecule has 0 bridgehead atoms. The summed E-state index contributed by atoms with van der Waals surface area (Å²) in [5.41, 5.74) is 4.69. The number of phenols is 1. The molecule has 0 aliphatic rings. The first-order valence-electron chi connectivity index (χ1n) is 5.69. The molecule has 0 fully saturated rings. The Hall–Kier alpha value is -0.980. The molecule has 84 valence electrons. The number of aryl methyl sites for hydroxylation is 1. The largest absolute Gasteiger partial charge is 0.507 e. The normalized spacial score (nSPS) is 11.5. The maximum absolute atomic E-state index is 10.2. The van der Waals surface area contributed by atoms with Gasteiger partial charge in [0.2, 0.25) is 0 Å². The van der Waals surface area contributed by atoms with Crippen LogP contribution in [0.4, 0.5) is 0 Å². The molecule has 0 radical (unpaired) electrons. The zero-order chi connectivity index (χ0) is 11.7. The average Bonchev–Trinajstić information content (AvgIpc) is 2.10. The molecule has 0 atom stereocenters. The summed E-state index contributed by atoms with van der Waals surface area (Å²) >= 11 is 0. The van der Waals surface area contributed by atoms with Crippen LogP contribution in [0.25, 0.3) is 0 Å². The summed E-state index contributed by atoms with van der Waals surface area (Å²) in [5, 5.41) is 10.2. The minimum atomic E-state index is 0.377. The van der Waals surface area contributed by atoms with Gasteiger partial charge in [0.15, 0.2) is 0 Å². The Kier molecular flexibility index (Phi) is 3.43. The molecule has 1 aromatic carbocycles. The first-order chi connectivity index (χ1) is 6.86. The van der Waals surface area contributed by atoms with Gasteiger partial charge in [0.05, 0.1) is 0 Å². The van der Waals surface area contributed by atoms with E-state index in [-0.39, 0.29) is 0 Å². The predicted molar refractivity (Wildman–Crippen MR) is 65.8 cm³/mol. The fourth-order valence-electron chi connectivity index (χ4n) is 2.10. The molecule has 0 amide bonds. The minimum Gasteiger partial charge on any atom is -0.507 e. The van der Waals surface area contributed by atoms with Crippen LogP contribution in [0.2, 0.25) is 0 Å². The molecule has 0 saturated heterocycles. The van der Waals surface area contributed by atoms with Crippen LogP contribution < -0.4 is 0 Å². The van der Waals surface area contributed by atoms with Crippen molar-refractivity contribution >= 4 is 0 Å². The smallest absolute Gasteiger partial charge is 0.122 e. The molecule has 0 heterocycles. The highest BCUT2D eigenvalue weighted by atomic mass is 16.3. The predicted octanol–water partition coefficient (Wildman–Crippen LogP) is 4.26.